The molecular weight excluding hydrogens is 418 g/mol. The molecular formula is C16H15BrClNO4S. The summed E-state index contributed by atoms with van der Waals surface area (Å²) in [5.74, 6) is -0.512. The van der Waals surface area contributed by atoms with Crippen LogP contribution in [-0.2, 0) is 19.6 Å². The highest BCUT2D eigenvalue weighted by atomic mass is 79.9. The quantitative estimate of drug-likeness (QED) is 0.707. The molecule has 1 N–H and O–H groups in total. The van der Waals surface area contributed by atoms with E-state index in [2.05, 4.69) is 25.4 Å². The number of carbonyl (C=O) groups is 1. The van der Waals surface area contributed by atoms with E-state index in [0.29, 0.717) is 10.6 Å². The summed E-state index contributed by atoms with van der Waals surface area (Å²) in [6, 6.07) is 12.1. The molecule has 0 aliphatic rings. The first kappa shape index (κ1) is 18.9. The van der Waals surface area contributed by atoms with Crippen molar-refractivity contribution in [3.05, 3.63) is 63.6 Å². The zero-order valence-corrected chi connectivity index (χ0v) is 15.9. The van der Waals surface area contributed by atoms with Gasteiger partial charge in [0.15, 0.2) is 0 Å². The molecule has 0 aliphatic carbocycles. The predicted octanol–water partition coefficient (Wildman–Crippen LogP) is 3.69. The number of sulfonamides is 1. The van der Waals surface area contributed by atoms with Crippen LogP contribution in [0.1, 0.15) is 18.0 Å². The van der Waals surface area contributed by atoms with Crippen LogP contribution in [0.5, 0.6) is 0 Å². The largest absolute Gasteiger partial charge is 0.469 e. The summed E-state index contributed by atoms with van der Waals surface area (Å²) in [6.07, 6.45) is -0.120. The van der Waals surface area contributed by atoms with Gasteiger partial charge in [0.1, 0.15) is 0 Å². The fraction of sp³-hybridized carbons (Fsp3) is 0.188. The lowest BCUT2D eigenvalue weighted by atomic mass is 10.1. The standard InChI is InChI=1S/C16H15BrClNO4S/c1-23-16(20)10-15(11-2-4-12(17)5-3-11)19-24(21,22)14-8-6-13(18)7-9-14/h2-9,15,19H,10H2,1H3. The Labute approximate surface area is 154 Å². The van der Waals surface area contributed by atoms with Gasteiger partial charge in [-0.05, 0) is 42.0 Å². The smallest absolute Gasteiger partial charge is 0.307 e. The van der Waals surface area contributed by atoms with Crippen molar-refractivity contribution in [2.24, 2.45) is 0 Å². The van der Waals surface area contributed by atoms with Crippen molar-refractivity contribution in [1.82, 2.24) is 4.72 Å². The number of ether oxygens (including phenoxy) is 1. The molecule has 24 heavy (non-hydrogen) atoms. The number of esters is 1. The predicted molar refractivity (Wildman–Crippen MR) is 95.3 cm³/mol. The second kappa shape index (κ2) is 8.11. The summed E-state index contributed by atoms with van der Waals surface area (Å²) >= 11 is 9.11. The third-order valence-electron chi connectivity index (χ3n) is 3.29. The molecule has 0 saturated carbocycles. The van der Waals surface area contributed by atoms with Crippen LogP contribution >= 0.6 is 27.5 Å². The lowest BCUT2D eigenvalue weighted by molar-refractivity contribution is -0.141. The Morgan fingerprint density at radius 1 is 1.17 bits per heavy atom. The molecule has 0 bridgehead atoms. The molecule has 2 aromatic carbocycles. The molecule has 0 spiro atoms. The number of carbonyl (C=O) groups excluding carboxylic acids is 1. The molecule has 1 atom stereocenters. The minimum atomic E-state index is -3.82. The van der Waals surface area contributed by atoms with Gasteiger partial charge in [-0.15, -0.1) is 0 Å². The van der Waals surface area contributed by atoms with Gasteiger partial charge in [-0.25, -0.2) is 13.1 Å². The van der Waals surface area contributed by atoms with Crippen LogP contribution < -0.4 is 4.72 Å². The number of rotatable bonds is 6. The van der Waals surface area contributed by atoms with Gasteiger partial charge in [0.05, 0.1) is 24.5 Å². The monoisotopic (exact) mass is 431 g/mol. The Morgan fingerprint density at radius 3 is 2.29 bits per heavy atom. The Balaban J connectivity index is 2.31. The van der Waals surface area contributed by atoms with Crippen LogP contribution in [0.2, 0.25) is 5.02 Å². The van der Waals surface area contributed by atoms with E-state index < -0.39 is 22.0 Å². The van der Waals surface area contributed by atoms with E-state index in [1.54, 1.807) is 24.3 Å². The van der Waals surface area contributed by atoms with E-state index in [9.17, 15) is 13.2 Å². The molecule has 0 amide bonds. The highest BCUT2D eigenvalue weighted by Crippen LogP contribution is 2.23. The number of hydrogen-bond acceptors (Lipinski definition) is 4. The highest BCUT2D eigenvalue weighted by Gasteiger charge is 2.24. The summed E-state index contributed by atoms with van der Waals surface area (Å²) in [4.78, 5) is 11.7. The number of methoxy groups -OCH3 is 1. The number of hydrogen-bond donors (Lipinski definition) is 1. The van der Waals surface area contributed by atoms with Gasteiger partial charge in [-0.1, -0.05) is 39.7 Å². The van der Waals surface area contributed by atoms with Crippen molar-refractivity contribution in [2.45, 2.75) is 17.4 Å². The lowest BCUT2D eigenvalue weighted by Crippen LogP contribution is -2.30. The van der Waals surface area contributed by atoms with E-state index in [0.717, 1.165) is 4.47 Å². The van der Waals surface area contributed by atoms with Crippen molar-refractivity contribution >= 4 is 43.5 Å². The van der Waals surface area contributed by atoms with Crippen molar-refractivity contribution in [3.8, 4) is 0 Å². The van der Waals surface area contributed by atoms with Crippen molar-refractivity contribution in [3.63, 3.8) is 0 Å². The van der Waals surface area contributed by atoms with Gasteiger partial charge in [-0.2, -0.15) is 0 Å². The van der Waals surface area contributed by atoms with Crippen LogP contribution in [0, 0.1) is 0 Å². The molecule has 2 rings (SSSR count). The van der Waals surface area contributed by atoms with E-state index >= 15 is 0 Å². The van der Waals surface area contributed by atoms with Crippen LogP contribution in [-0.4, -0.2) is 21.5 Å². The average molecular weight is 433 g/mol. The SMILES string of the molecule is COC(=O)CC(NS(=O)(=O)c1ccc(Cl)cc1)c1ccc(Br)cc1. The van der Waals surface area contributed by atoms with Gasteiger partial charge >= 0.3 is 5.97 Å². The second-order valence-corrected chi connectivity index (χ2v) is 8.03. The van der Waals surface area contributed by atoms with E-state index in [1.165, 1.54) is 31.4 Å². The van der Waals surface area contributed by atoms with Crippen molar-refractivity contribution < 1.29 is 17.9 Å². The fourth-order valence-electron chi connectivity index (χ4n) is 2.04. The maximum absolute atomic E-state index is 12.5. The normalized spacial score (nSPS) is 12.6. The van der Waals surface area contributed by atoms with Gasteiger partial charge in [0.2, 0.25) is 10.0 Å². The fourth-order valence-corrected chi connectivity index (χ4v) is 3.66. The zero-order valence-electron chi connectivity index (χ0n) is 12.7. The minimum Gasteiger partial charge on any atom is -0.469 e. The summed E-state index contributed by atoms with van der Waals surface area (Å²) in [7, 11) is -2.56. The van der Waals surface area contributed by atoms with E-state index in [4.69, 9.17) is 11.6 Å². The first-order valence-electron chi connectivity index (χ1n) is 6.92. The van der Waals surface area contributed by atoms with E-state index in [-0.39, 0.29) is 11.3 Å². The minimum absolute atomic E-state index is 0.0684. The summed E-state index contributed by atoms with van der Waals surface area (Å²) in [5.41, 5.74) is 0.654. The highest BCUT2D eigenvalue weighted by molar-refractivity contribution is 9.10. The van der Waals surface area contributed by atoms with Gasteiger partial charge < -0.3 is 4.74 Å². The second-order valence-electron chi connectivity index (χ2n) is 4.96. The topological polar surface area (TPSA) is 72.5 Å². The Bertz CT molecular complexity index is 807. The molecule has 0 heterocycles. The maximum Gasteiger partial charge on any atom is 0.307 e. The molecule has 0 aliphatic heterocycles. The van der Waals surface area contributed by atoms with Gasteiger partial charge in [0.25, 0.3) is 0 Å². The molecule has 8 heteroatoms. The molecule has 5 nitrogen and oxygen atoms in total. The van der Waals surface area contributed by atoms with Crippen LogP contribution in [0.3, 0.4) is 0 Å². The maximum atomic E-state index is 12.5. The van der Waals surface area contributed by atoms with Crippen LogP contribution in [0.25, 0.3) is 0 Å². The summed E-state index contributed by atoms with van der Waals surface area (Å²) in [5, 5.41) is 0.438. The van der Waals surface area contributed by atoms with Crippen LogP contribution in [0.4, 0.5) is 0 Å². The number of halogens is 2. The average Bonchev–Trinajstić information content (AvgIpc) is 2.55. The lowest BCUT2D eigenvalue weighted by Gasteiger charge is -2.18. The molecule has 0 radical (unpaired) electrons. The number of nitrogens with one attached hydrogen (secondary N) is 1. The Hall–Kier alpha value is -1.41. The van der Waals surface area contributed by atoms with Crippen molar-refractivity contribution in [1.29, 1.82) is 0 Å². The molecule has 0 saturated heterocycles. The first-order chi connectivity index (χ1) is 11.3. The molecule has 128 valence electrons. The van der Waals surface area contributed by atoms with E-state index in [1.807, 2.05) is 0 Å². The number of benzene rings is 2. The first-order valence-corrected chi connectivity index (χ1v) is 9.57. The van der Waals surface area contributed by atoms with Crippen LogP contribution in [0.15, 0.2) is 57.9 Å². The molecule has 0 fully saturated rings. The third-order valence-corrected chi connectivity index (χ3v) is 5.56. The van der Waals surface area contributed by atoms with Crippen molar-refractivity contribution in [2.75, 3.05) is 7.11 Å². The third kappa shape index (κ3) is 5.04. The summed E-state index contributed by atoms with van der Waals surface area (Å²) < 4.78 is 33.2. The summed E-state index contributed by atoms with van der Waals surface area (Å²) in [6.45, 7) is 0. The molecule has 0 aromatic heterocycles. The zero-order chi connectivity index (χ0) is 17.7. The Kier molecular flexibility index (Phi) is 6.40. The molecule has 2 aromatic rings. The van der Waals surface area contributed by atoms with Gasteiger partial charge in [-0.3, -0.25) is 4.79 Å². The molecule has 1 unspecified atom stereocenters. The van der Waals surface area contributed by atoms with Gasteiger partial charge in [0, 0.05) is 9.50 Å². The Morgan fingerprint density at radius 2 is 1.75 bits per heavy atom.